The van der Waals surface area contributed by atoms with Crippen molar-refractivity contribution < 1.29 is 18.6 Å². The molecular formula is C16H22F2O2. The fraction of sp³-hybridized carbons (Fsp3) is 0.625. The second kappa shape index (κ2) is 5.08. The maximum atomic E-state index is 13.2. The smallest absolute Gasteiger partial charge is 0.159 e. The number of hydrogen-bond acceptors (Lipinski definition) is 2. The molecule has 112 valence electrons. The minimum Gasteiger partial charge on any atom is -0.392 e. The summed E-state index contributed by atoms with van der Waals surface area (Å²) in [5.74, 6) is -1.78. The van der Waals surface area contributed by atoms with Crippen LogP contribution in [-0.4, -0.2) is 22.4 Å². The largest absolute Gasteiger partial charge is 0.392 e. The predicted octanol–water partition coefficient (Wildman–Crippen LogP) is 3.46. The van der Waals surface area contributed by atoms with E-state index in [0.717, 1.165) is 18.6 Å². The summed E-state index contributed by atoms with van der Waals surface area (Å²) in [5, 5.41) is 10.4. The third-order valence-electron chi connectivity index (χ3n) is 4.04. The summed E-state index contributed by atoms with van der Waals surface area (Å²) in [5.41, 5.74) is -0.109. The Morgan fingerprint density at radius 2 is 1.90 bits per heavy atom. The van der Waals surface area contributed by atoms with Gasteiger partial charge >= 0.3 is 0 Å². The third-order valence-corrected chi connectivity index (χ3v) is 4.04. The minimum absolute atomic E-state index is 0.0365. The number of rotatable bonds is 3. The van der Waals surface area contributed by atoms with Crippen LogP contribution < -0.4 is 0 Å². The molecule has 0 bridgehead atoms. The third kappa shape index (κ3) is 3.18. The van der Waals surface area contributed by atoms with Gasteiger partial charge in [-0.15, -0.1) is 0 Å². The Morgan fingerprint density at radius 3 is 2.40 bits per heavy atom. The molecule has 2 nitrogen and oxygen atoms in total. The molecule has 2 rings (SSSR count). The van der Waals surface area contributed by atoms with Gasteiger partial charge in [0.2, 0.25) is 0 Å². The highest BCUT2D eigenvalue weighted by Crippen LogP contribution is 2.44. The van der Waals surface area contributed by atoms with Crippen molar-refractivity contribution in [1.29, 1.82) is 0 Å². The normalized spacial score (nSPS) is 25.6. The molecule has 1 saturated heterocycles. The van der Waals surface area contributed by atoms with Crippen molar-refractivity contribution in [1.82, 2.24) is 0 Å². The minimum atomic E-state index is -0.878. The van der Waals surface area contributed by atoms with Crippen LogP contribution in [0.2, 0.25) is 0 Å². The van der Waals surface area contributed by atoms with Crippen molar-refractivity contribution in [2.45, 2.75) is 57.8 Å². The summed E-state index contributed by atoms with van der Waals surface area (Å²) < 4.78 is 32.1. The lowest BCUT2D eigenvalue weighted by Gasteiger charge is -2.30. The van der Waals surface area contributed by atoms with Gasteiger partial charge < -0.3 is 9.84 Å². The van der Waals surface area contributed by atoms with Crippen molar-refractivity contribution in [2.24, 2.45) is 5.92 Å². The van der Waals surface area contributed by atoms with Crippen LogP contribution in [-0.2, 0) is 11.2 Å². The first-order valence-electron chi connectivity index (χ1n) is 6.93. The summed E-state index contributed by atoms with van der Waals surface area (Å²) in [6.45, 7) is 7.92. The number of benzene rings is 1. The zero-order valence-electron chi connectivity index (χ0n) is 12.4. The fourth-order valence-corrected chi connectivity index (χ4v) is 3.25. The standard InChI is InChI=1S/C16H22F2O2/c1-15(2)9-11(16(3,4)20-15)14(19)8-10-5-6-12(17)13(18)7-10/h5-7,11,14,19H,8-9H2,1-4H3. The molecule has 0 radical (unpaired) electrons. The van der Waals surface area contributed by atoms with E-state index < -0.39 is 23.3 Å². The number of ether oxygens (including phenoxy) is 1. The molecule has 0 aromatic heterocycles. The molecule has 1 aliphatic heterocycles. The van der Waals surface area contributed by atoms with Gasteiger partial charge in [-0.25, -0.2) is 8.78 Å². The molecule has 0 amide bonds. The fourth-order valence-electron chi connectivity index (χ4n) is 3.25. The highest BCUT2D eigenvalue weighted by Gasteiger charge is 2.48. The summed E-state index contributed by atoms with van der Waals surface area (Å²) in [4.78, 5) is 0. The average molecular weight is 284 g/mol. The van der Waals surface area contributed by atoms with Gasteiger partial charge in [-0.3, -0.25) is 0 Å². The van der Waals surface area contributed by atoms with Crippen LogP contribution in [0, 0.1) is 17.6 Å². The van der Waals surface area contributed by atoms with E-state index in [1.54, 1.807) is 0 Å². The van der Waals surface area contributed by atoms with E-state index in [0.29, 0.717) is 12.0 Å². The SMILES string of the molecule is CC1(C)CC(C(O)Cc2ccc(F)c(F)c2)C(C)(C)O1. The maximum absolute atomic E-state index is 13.2. The van der Waals surface area contributed by atoms with E-state index in [1.165, 1.54) is 6.07 Å². The average Bonchev–Trinajstić information content (AvgIpc) is 2.52. The summed E-state index contributed by atoms with van der Waals surface area (Å²) in [7, 11) is 0. The van der Waals surface area contributed by atoms with Crippen LogP contribution in [0.15, 0.2) is 18.2 Å². The van der Waals surface area contributed by atoms with Crippen LogP contribution in [0.25, 0.3) is 0 Å². The van der Waals surface area contributed by atoms with Gasteiger partial charge in [-0.05, 0) is 58.2 Å². The maximum Gasteiger partial charge on any atom is 0.159 e. The number of aliphatic hydroxyl groups is 1. The zero-order chi connectivity index (χ0) is 15.1. The van der Waals surface area contributed by atoms with Gasteiger partial charge in [0.25, 0.3) is 0 Å². The molecule has 0 spiro atoms. The first kappa shape index (κ1) is 15.4. The predicted molar refractivity (Wildman–Crippen MR) is 73.4 cm³/mol. The zero-order valence-corrected chi connectivity index (χ0v) is 12.4. The molecule has 1 aliphatic rings. The van der Waals surface area contributed by atoms with Gasteiger partial charge in [0.1, 0.15) is 0 Å². The van der Waals surface area contributed by atoms with Crippen LogP contribution in [0.5, 0.6) is 0 Å². The number of halogens is 2. The molecule has 1 heterocycles. The summed E-state index contributed by atoms with van der Waals surface area (Å²) >= 11 is 0. The van der Waals surface area contributed by atoms with E-state index in [4.69, 9.17) is 4.74 Å². The Morgan fingerprint density at radius 1 is 1.25 bits per heavy atom. The Kier molecular flexibility index (Phi) is 3.91. The van der Waals surface area contributed by atoms with Crippen LogP contribution in [0.1, 0.15) is 39.7 Å². The lowest BCUT2D eigenvalue weighted by molar-refractivity contribution is -0.0873. The lowest BCUT2D eigenvalue weighted by atomic mass is 9.81. The Labute approximate surface area is 118 Å². The van der Waals surface area contributed by atoms with Gasteiger partial charge in [0.15, 0.2) is 11.6 Å². The molecule has 1 aromatic rings. The van der Waals surface area contributed by atoms with Crippen LogP contribution in [0.3, 0.4) is 0 Å². The van der Waals surface area contributed by atoms with E-state index in [-0.39, 0.29) is 11.5 Å². The van der Waals surface area contributed by atoms with Crippen molar-refractivity contribution in [3.8, 4) is 0 Å². The molecule has 2 atom stereocenters. The second-order valence-corrected chi connectivity index (χ2v) is 6.80. The van der Waals surface area contributed by atoms with Gasteiger partial charge in [-0.1, -0.05) is 6.07 Å². The molecule has 2 unspecified atom stereocenters. The van der Waals surface area contributed by atoms with Crippen molar-refractivity contribution in [3.05, 3.63) is 35.4 Å². The van der Waals surface area contributed by atoms with Crippen LogP contribution >= 0.6 is 0 Å². The molecule has 1 fully saturated rings. The second-order valence-electron chi connectivity index (χ2n) is 6.80. The quantitative estimate of drug-likeness (QED) is 0.921. The Bertz CT molecular complexity index is 497. The van der Waals surface area contributed by atoms with Gasteiger partial charge in [-0.2, -0.15) is 0 Å². The number of aliphatic hydroxyl groups excluding tert-OH is 1. The first-order valence-corrected chi connectivity index (χ1v) is 6.93. The van der Waals surface area contributed by atoms with E-state index in [1.807, 2.05) is 27.7 Å². The van der Waals surface area contributed by atoms with E-state index >= 15 is 0 Å². The van der Waals surface area contributed by atoms with Crippen molar-refractivity contribution in [3.63, 3.8) is 0 Å². The summed E-state index contributed by atoms with van der Waals surface area (Å²) in [6, 6.07) is 3.75. The van der Waals surface area contributed by atoms with Gasteiger partial charge in [0, 0.05) is 5.92 Å². The molecule has 20 heavy (non-hydrogen) atoms. The highest BCUT2D eigenvalue weighted by atomic mass is 19.2. The monoisotopic (exact) mass is 284 g/mol. The highest BCUT2D eigenvalue weighted by molar-refractivity contribution is 5.19. The topological polar surface area (TPSA) is 29.5 Å². The van der Waals surface area contributed by atoms with E-state index in [9.17, 15) is 13.9 Å². The summed E-state index contributed by atoms with van der Waals surface area (Å²) in [6.07, 6.45) is 0.395. The Balaban J connectivity index is 2.12. The Hall–Kier alpha value is -1.00. The first-order chi connectivity index (χ1) is 9.11. The molecular weight excluding hydrogens is 262 g/mol. The van der Waals surface area contributed by atoms with Crippen molar-refractivity contribution in [2.75, 3.05) is 0 Å². The lowest BCUT2D eigenvalue weighted by Crippen LogP contribution is -2.37. The molecule has 1 aromatic carbocycles. The number of hydrogen-bond donors (Lipinski definition) is 1. The molecule has 0 aliphatic carbocycles. The molecule has 1 N–H and O–H groups in total. The molecule has 0 saturated carbocycles. The van der Waals surface area contributed by atoms with E-state index in [2.05, 4.69) is 0 Å². The van der Waals surface area contributed by atoms with Crippen LogP contribution in [0.4, 0.5) is 8.78 Å². The van der Waals surface area contributed by atoms with Crippen molar-refractivity contribution >= 4 is 0 Å². The van der Waals surface area contributed by atoms with Gasteiger partial charge in [0.05, 0.1) is 17.3 Å². The molecule has 4 heteroatoms.